The van der Waals surface area contributed by atoms with Crippen molar-refractivity contribution in [2.75, 3.05) is 0 Å². The van der Waals surface area contributed by atoms with Crippen LogP contribution in [0.5, 0.6) is 0 Å². The highest BCUT2D eigenvalue weighted by molar-refractivity contribution is 7.98. The maximum Gasteiger partial charge on any atom is 0.172 e. The third-order valence-electron chi connectivity index (χ3n) is 3.45. The van der Waals surface area contributed by atoms with Crippen molar-refractivity contribution >= 4 is 11.8 Å². The number of aromatic nitrogens is 3. The molecular weight excluding hydrogens is 278 g/mol. The fourth-order valence-corrected chi connectivity index (χ4v) is 2.98. The van der Waals surface area contributed by atoms with Crippen molar-refractivity contribution in [3.8, 4) is 5.69 Å². The second kappa shape index (κ2) is 6.14. The highest BCUT2D eigenvalue weighted by atomic mass is 32.2. The molecule has 3 nitrogen and oxygen atoms in total. The fraction of sp³-hybridized carbons (Fsp3) is 0.176. The normalized spacial score (nSPS) is 10.8. The number of hydrogen-bond acceptors (Lipinski definition) is 3. The van der Waals surface area contributed by atoms with E-state index in [4.69, 9.17) is 0 Å². The van der Waals surface area contributed by atoms with Gasteiger partial charge in [-0.1, -0.05) is 23.9 Å². The van der Waals surface area contributed by atoms with Crippen LogP contribution in [0, 0.1) is 13.8 Å². The van der Waals surface area contributed by atoms with E-state index in [0.717, 1.165) is 22.3 Å². The Balaban J connectivity index is 1.82. The molecule has 3 aromatic rings. The van der Waals surface area contributed by atoms with Crippen LogP contribution in [0.25, 0.3) is 5.69 Å². The molecule has 0 aliphatic carbocycles. The molecule has 1 aromatic carbocycles. The molecule has 0 atom stereocenters. The van der Waals surface area contributed by atoms with Crippen LogP contribution in [0.4, 0.5) is 0 Å². The number of imidazole rings is 1. The number of rotatable bonds is 4. The summed E-state index contributed by atoms with van der Waals surface area (Å²) in [5.74, 6) is 0.822. The van der Waals surface area contributed by atoms with Crippen molar-refractivity contribution < 1.29 is 0 Å². The van der Waals surface area contributed by atoms with Gasteiger partial charge in [-0.05, 0) is 49.2 Å². The Morgan fingerprint density at radius 2 is 1.90 bits per heavy atom. The zero-order valence-corrected chi connectivity index (χ0v) is 13.0. The van der Waals surface area contributed by atoms with Gasteiger partial charge in [0.25, 0.3) is 0 Å². The first kappa shape index (κ1) is 13.9. The largest absolute Gasteiger partial charge is 0.295 e. The summed E-state index contributed by atoms with van der Waals surface area (Å²) in [4.78, 5) is 8.81. The Hall–Kier alpha value is -2.07. The van der Waals surface area contributed by atoms with E-state index in [0.29, 0.717) is 0 Å². The van der Waals surface area contributed by atoms with Crippen LogP contribution in [0.1, 0.15) is 16.8 Å². The summed E-state index contributed by atoms with van der Waals surface area (Å²) >= 11 is 1.70. The van der Waals surface area contributed by atoms with Gasteiger partial charge in [-0.2, -0.15) is 0 Å². The van der Waals surface area contributed by atoms with E-state index in [1.165, 1.54) is 11.1 Å². The molecule has 0 N–H and O–H groups in total. The van der Waals surface area contributed by atoms with Gasteiger partial charge < -0.3 is 0 Å². The van der Waals surface area contributed by atoms with E-state index in [1.807, 2.05) is 36.8 Å². The van der Waals surface area contributed by atoms with Crippen LogP contribution in [0.15, 0.2) is 60.1 Å². The molecule has 0 fully saturated rings. The number of nitrogens with zero attached hydrogens (tertiary/aromatic N) is 3. The Labute approximate surface area is 129 Å². The van der Waals surface area contributed by atoms with E-state index < -0.39 is 0 Å². The molecule has 4 heteroatoms. The lowest BCUT2D eigenvalue weighted by Crippen LogP contribution is -1.97. The number of benzene rings is 1. The highest BCUT2D eigenvalue weighted by Gasteiger charge is 2.07. The van der Waals surface area contributed by atoms with E-state index in [9.17, 15) is 0 Å². The molecule has 2 aromatic heterocycles. The molecule has 2 heterocycles. The smallest absolute Gasteiger partial charge is 0.172 e. The van der Waals surface area contributed by atoms with Crippen LogP contribution in [0.2, 0.25) is 0 Å². The van der Waals surface area contributed by atoms with Crippen LogP contribution in [0.3, 0.4) is 0 Å². The summed E-state index contributed by atoms with van der Waals surface area (Å²) in [5.41, 5.74) is 4.82. The average Bonchev–Trinajstić information content (AvgIpc) is 2.97. The first-order valence-corrected chi connectivity index (χ1v) is 7.86. The van der Waals surface area contributed by atoms with Gasteiger partial charge in [0, 0.05) is 30.0 Å². The molecule has 106 valence electrons. The molecular formula is C17H17N3S. The van der Waals surface area contributed by atoms with E-state index in [2.05, 4.69) is 46.6 Å². The van der Waals surface area contributed by atoms with Gasteiger partial charge in [0.2, 0.25) is 0 Å². The summed E-state index contributed by atoms with van der Waals surface area (Å²) in [6.45, 7) is 4.26. The third-order valence-corrected chi connectivity index (χ3v) is 4.45. The molecule has 0 spiro atoms. The Morgan fingerprint density at radius 1 is 1.00 bits per heavy atom. The minimum Gasteiger partial charge on any atom is -0.295 e. The lowest BCUT2D eigenvalue weighted by molar-refractivity contribution is 0.892. The van der Waals surface area contributed by atoms with E-state index in [-0.39, 0.29) is 0 Å². The van der Waals surface area contributed by atoms with E-state index >= 15 is 0 Å². The maximum atomic E-state index is 4.46. The predicted octanol–water partition coefficient (Wildman–Crippen LogP) is 4.18. The molecule has 21 heavy (non-hydrogen) atoms. The Bertz CT molecular complexity index is 735. The van der Waals surface area contributed by atoms with Gasteiger partial charge in [0.05, 0.1) is 5.69 Å². The highest BCUT2D eigenvalue weighted by Crippen LogP contribution is 2.24. The van der Waals surface area contributed by atoms with Gasteiger partial charge in [0.1, 0.15) is 0 Å². The summed E-state index contributed by atoms with van der Waals surface area (Å²) in [5, 5.41) is 0.990. The molecule has 0 saturated carbocycles. The number of thioether (sulfide) groups is 1. The molecule has 0 bridgehead atoms. The van der Waals surface area contributed by atoms with Crippen molar-refractivity contribution in [1.29, 1.82) is 0 Å². The van der Waals surface area contributed by atoms with Crippen LogP contribution in [-0.2, 0) is 5.75 Å². The van der Waals surface area contributed by atoms with Gasteiger partial charge in [-0.3, -0.25) is 9.55 Å². The molecule has 0 amide bonds. The second-order valence-corrected chi connectivity index (χ2v) is 5.90. The van der Waals surface area contributed by atoms with Gasteiger partial charge >= 0.3 is 0 Å². The topological polar surface area (TPSA) is 30.7 Å². The first-order valence-electron chi connectivity index (χ1n) is 6.88. The standard InChI is InChI=1S/C17H17N3S/c1-13-6-7-16(11-14(13)2)20-10-9-19-17(20)21-12-15-5-3-4-8-18-15/h3-11H,12H2,1-2H3. The molecule has 0 aliphatic rings. The average molecular weight is 295 g/mol. The SMILES string of the molecule is Cc1ccc(-n2ccnc2SCc2ccccn2)cc1C. The summed E-state index contributed by atoms with van der Waals surface area (Å²) in [7, 11) is 0. The first-order chi connectivity index (χ1) is 10.2. The predicted molar refractivity (Wildman–Crippen MR) is 86.8 cm³/mol. The maximum absolute atomic E-state index is 4.46. The van der Waals surface area contributed by atoms with Crippen LogP contribution >= 0.6 is 11.8 Å². The third kappa shape index (κ3) is 3.16. The van der Waals surface area contributed by atoms with Gasteiger partial charge in [-0.25, -0.2) is 4.98 Å². The van der Waals surface area contributed by atoms with Crippen molar-refractivity contribution in [2.45, 2.75) is 24.8 Å². The van der Waals surface area contributed by atoms with Gasteiger partial charge in [0.15, 0.2) is 5.16 Å². The summed E-state index contributed by atoms with van der Waals surface area (Å²) in [6.07, 6.45) is 5.67. The zero-order valence-electron chi connectivity index (χ0n) is 12.2. The quantitative estimate of drug-likeness (QED) is 0.677. The summed E-state index contributed by atoms with van der Waals surface area (Å²) in [6, 6.07) is 12.5. The molecule has 3 rings (SSSR count). The Kier molecular flexibility index (Phi) is 4.06. The minimum atomic E-state index is 0.822. The fourth-order valence-electron chi connectivity index (χ4n) is 2.09. The monoisotopic (exact) mass is 295 g/mol. The van der Waals surface area contributed by atoms with Crippen molar-refractivity contribution in [3.63, 3.8) is 0 Å². The lowest BCUT2D eigenvalue weighted by atomic mass is 10.1. The number of pyridine rings is 1. The Morgan fingerprint density at radius 3 is 2.67 bits per heavy atom. The molecule has 0 unspecified atom stereocenters. The van der Waals surface area contributed by atoms with Crippen LogP contribution < -0.4 is 0 Å². The lowest BCUT2D eigenvalue weighted by Gasteiger charge is -2.09. The minimum absolute atomic E-state index is 0.822. The van der Waals surface area contributed by atoms with Crippen molar-refractivity contribution in [2.24, 2.45) is 0 Å². The number of hydrogen-bond donors (Lipinski definition) is 0. The van der Waals surface area contributed by atoms with E-state index in [1.54, 1.807) is 11.8 Å². The zero-order chi connectivity index (χ0) is 14.7. The summed E-state index contributed by atoms with van der Waals surface area (Å²) < 4.78 is 2.13. The molecule has 0 aliphatic heterocycles. The van der Waals surface area contributed by atoms with Crippen LogP contribution in [-0.4, -0.2) is 14.5 Å². The van der Waals surface area contributed by atoms with Gasteiger partial charge in [-0.15, -0.1) is 0 Å². The molecule has 0 radical (unpaired) electrons. The van der Waals surface area contributed by atoms with Crippen molar-refractivity contribution in [3.05, 3.63) is 71.8 Å². The number of aryl methyl sites for hydroxylation is 2. The second-order valence-electron chi connectivity index (χ2n) is 4.96. The van der Waals surface area contributed by atoms with Crippen molar-refractivity contribution in [1.82, 2.24) is 14.5 Å². The molecule has 0 saturated heterocycles.